The number of hydrogen-bond acceptors (Lipinski definition) is 3. The van der Waals surface area contributed by atoms with Gasteiger partial charge >= 0.3 is 0 Å². The standard InChI is InChI=1S/C13H19FN2O/c1-17-12-3-2-10(14)8-11(12)13(15)9-4-6-16-7-5-9/h2-3,8-9,13,16H,4-7,15H2,1H3/t13-/m1/s1. The van der Waals surface area contributed by atoms with Gasteiger partial charge in [-0.1, -0.05) is 0 Å². The Bertz CT molecular complexity index is 378. The van der Waals surface area contributed by atoms with Crippen molar-refractivity contribution in [1.82, 2.24) is 5.32 Å². The van der Waals surface area contributed by atoms with Gasteiger partial charge in [0, 0.05) is 11.6 Å². The van der Waals surface area contributed by atoms with Gasteiger partial charge < -0.3 is 15.8 Å². The van der Waals surface area contributed by atoms with Crippen LogP contribution >= 0.6 is 0 Å². The van der Waals surface area contributed by atoms with E-state index in [1.807, 2.05) is 0 Å². The molecule has 1 atom stereocenters. The molecule has 0 spiro atoms. The van der Waals surface area contributed by atoms with Crippen LogP contribution in [-0.4, -0.2) is 20.2 Å². The minimum absolute atomic E-state index is 0.150. The van der Waals surface area contributed by atoms with E-state index < -0.39 is 0 Å². The van der Waals surface area contributed by atoms with E-state index in [9.17, 15) is 4.39 Å². The molecule has 0 bridgehead atoms. The maximum Gasteiger partial charge on any atom is 0.123 e. The highest BCUT2D eigenvalue weighted by atomic mass is 19.1. The first-order valence-electron chi connectivity index (χ1n) is 6.02. The van der Waals surface area contributed by atoms with Crippen molar-refractivity contribution in [3.63, 3.8) is 0 Å². The SMILES string of the molecule is COc1ccc(F)cc1[C@H](N)C1CCNCC1. The number of rotatable bonds is 3. The molecule has 1 fully saturated rings. The third-order valence-electron chi connectivity index (χ3n) is 3.44. The van der Waals surface area contributed by atoms with E-state index >= 15 is 0 Å². The highest BCUT2D eigenvalue weighted by Gasteiger charge is 2.24. The second-order valence-electron chi connectivity index (χ2n) is 4.50. The highest BCUT2D eigenvalue weighted by Crippen LogP contribution is 2.32. The molecular formula is C13H19FN2O. The Kier molecular flexibility index (Phi) is 3.97. The van der Waals surface area contributed by atoms with Crippen LogP contribution < -0.4 is 15.8 Å². The molecule has 0 aliphatic carbocycles. The third-order valence-corrected chi connectivity index (χ3v) is 3.44. The summed E-state index contributed by atoms with van der Waals surface area (Å²) in [6.07, 6.45) is 2.06. The first-order chi connectivity index (χ1) is 8.22. The molecule has 0 amide bonds. The fraction of sp³-hybridized carbons (Fsp3) is 0.538. The van der Waals surface area contributed by atoms with Crippen LogP contribution in [0.15, 0.2) is 18.2 Å². The summed E-state index contributed by atoms with van der Waals surface area (Å²) >= 11 is 0. The molecule has 1 aliphatic rings. The zero-order valence-corrected chi connectivity index (χ0v) is 10.1. The van der Waals surface area contributed by atoms with Gasteiger partial charge in [-0.2, -0.15) is 0 Å². The van der Waals surface area contributed by atoms with Crippen LogP contribution in [0.5, 0.6) is 5.75 Å². The van der Waals surface area contributed by atoms with E-state index in [0.717, 1.165) is 31.5 Å². The molecule has 3 nitrogen and oxygen atoms in total. The van der Waals surface area contributed by atoms with Gasteiger partial charge in [-0.15, -0.1) is 0 Å². The molecule has 0 radical (unpaired) electrons. The number of nitrogens with one attached hydrogen (secondary N) is 1. The molecule has 1 saturated heterocycles. The lowest BCUT2D eigenvalue weighted by Gasteiger charge is -2.29. The Balaban J connectivity index is 2.21. The molecule has 17 heavy (non-hydrogen) atoms. The van der Waals surface area contributed by atoms with Gasteiger partial charge in [0.1, 0.15) is 11.6 Å². The number of halogens is 1. The van der Waals surface area contributed by atoms with E-state index in [4.69, 9.17) is 10.5 Å². The minimum Gasteiger partial charge on any atom is -0.496 e. The Labute approximate surface area is 101 Å². The number of methoxy groups -OCH3 is 1. The third kappa shape index (κ3) is 2.76. The summed E-state index contributed by atoms with van der Waals surface area (Å²) in [6.45, 7) is 1.96. The molecule has 1 heterocycles. The number of piperidine rings is 1. The van der Waals surface area contributed by atoms with Crippen LogP contribution in [0.25, 0.3) is 0 Å². The molecule has 3 N–H and O–H groups in total. The molecule has 0 saturated carbocycles. The number of benzene rings is 1. The van der Waals surface area contributed by atoms with Crippen LogP contribution in [0.3, 0.4) is 0 Å². The number of hydrogen-bond donors (Lipinski definition) is 2. The van der Waals surface area contributed by atoms with Crippen LogP contribution in [0.1, 0.15) is 24.4 Å². The molecule has 2 rings (SSSR count). The van der Waals surface area contributed by atoms with Gasteiger partial charge in [0.2, 0.25) is 0 Å². The van der Waals surface area contributed by atoms with E-state index in [-0.39, 0.29) is 11.9 Å². The zero-order valence-electron chi connectivity index (χ0n) is 10.1. The molecule has 1 aliphatic heterocycles. The average Bonchev–Trinajstić information content (AvgIpc) is 2.39. The van der Waals surface area contributed by atoms with E-state index in [1.54, 1.807) is 13.2 Å². The van der Waals surface area contributed by atoms with Crippen molar-refractivity contribution in [3.05, 3.63) is 29.6 Å². The van der Waals surface area contributed by atoms with E-state index in [1.165, 1.54) is 12.1 Å². The second kappa shape index (κ2) is 5.47. The summed E-state index contributed by atoms with van der Waals surface area (Å²) in [4.78, 5) is 0. The summed E-state index contributed by atoms with van der Waals surface area (Å²) in [6, 6.07) is 4.39. The lowest BCUT2D eigenvalue weighted by Crippen LogP contribution is -2.34. The summed E-state index contributed by atoms with van der Waals surface area (Å²) in [7, 11) is 1.59. The first-order valence-corrected chi connectivity index (χ1v) is 6.02. The number of ether oxygens (including phenoxy) is 1. The summed E-state index contributed by atoms with van der Waals surface area (Å²) in [5, 5.41) is 3.30. The van der Waals surface area contributed by atoms with Gasteiger partial charge in [0.05, 0.1) is 7.11 Å². The lowest BCUT2D eigenvalue weighted by atomic mass is 9.86. The quantitative estimate of drug-likeness (QED) is 0.844. The van der Waals surface area contributed by atoms with Gasteiger partial charge in [-0.05, 0) is 50.0 Å². The summed E-state index contributed by atoms with van der Waals surface area (Å²) in [5.41, 5.74) is 7.02. The van der Waals surface area contributed by atoms with Gasteiger partial charge in [-0.25, -0.2) is 4.39 Å². The van der Waals surface area contributed by atoms with Crippen molar-refractivity contribution in [3.8, 4) is 5.75 Å². The molecule has 0 unspecified atom stereocenters. The fourth-order valence-corrected chi connectivity index (χ4v) is 2.42. The van der Waals surface area contributed by atoms with Crippen LogP contribution in [0, 0.1) is 11.7 Å². The van der Waals surface area contributed by atoms with Crippen LogP contribution in [-0.2, 0) is 0 Å². The normalized spacial score (nSPS) is 19.0. The number of nitrogens with two attached hydrogens (primary N) is 1. The Hall–Kier alpha value is -1.13. The van der Waals surface area contributed by atoms with Crippen molar-refractivity contribution in [2.45, 2.75) is 18.9 Å². The van der Waals surface area contributed by atoms with Crippen molar-refractivity contribution in [1.29, 1.82) is 0 Å². The van der Waals surface area contributed by atoms with Crippen molar-refractivity contribution < 1.29 is 9.13 Å². The van der Waals surface area contributed by atoms with Crippen LogP contribution in [0.4, 0.5) is 4.39 Å². The zero-order chi connectivity index (χ0) is 12.3. The maximum atomic E-state index is 13.3. The topological polar surface area (TPSA) is 47.3 Å². The predicted molar refractivity (Wildman–Crippen MR) is 65.5 cm³/mol. The second-order valence-corrected chi connectivity index (χ2v) is 4.50. The van der Waals surface area contributed by atoms with Crippen LogP contribution in [0.2, 0.25) is 0 Å². The predicted octanol–water partition coefficient (Wildman–Crippen LogP) is 1.83. The van der Waals surface area contributed by atoms with Gasteiger partial charge in [0.15, 0.2) is 0 Å². The van der Waals surface area contributed by atoms with Crippen molar-refractivity contribution in [2.24, 2.45) is 11.7 Å². The molecule has 1 aromatic carbocycles. The molecule has 94 valence electrons. The lowest BCUT2D eigenvalue weighted by molar-refractivity contribution is 0.313. The smallest absolute Gasteiger partial charge is 0.123 e. The van der Waals surface area contributed by atoms with Gasteiger partial charge in [-0.3, -0.25) is 0 Å². The fourth-order valence-electron chi connectivity index (χ4n) is 2.42. The molecule has 1 aromatic rings. The summed E-state index contributed by atoms with van der Waals surface area (Å²) < 4.78 is 18.5. The van der Waals surface area contributed by atoms with Crippen molar-refractivity contribution in [2.75, 3.05) is 20.2 Å². The molecule has 0 aromatic heterocycles. The first kappa shape index (κ1) is 12.3. The Morgan fingerprint density at radius 3 is 2.76 bits per heavy atom. The molecule has 4 heteroatoms. The Morgan fingerprint density at radius 1 is 1.41 bits per heavy atom. The molecular weight excluding hydrogens is 219 g/mol. The monoisotopic (exact) mass is 238 g/mol. The summed E-state index contributed by atoms with van der Waals surface area (Å²) in [5.74, 6) is 0.814. The Morgan fingerprint density at radius 2 is 2.12 bits per heavy atom. The van der Waals surface area contributed by atoms with Crippen molar-refractivity contribution >= 4 is 0 Å². The largest absolute Gasteiger partial charge is 0.496 e. The van der Waals surface area contributed by atoms with Gasteiger partial charge in [0.25, 0.3) is 0 Å². The van der Waals surface area contributed by atoms with E-state index in [2.05, 4.69) is 5.32 Å². The minimum atomic E-state index is -0.259. The average molecular weight is 238 g/mol. The highest BCUT2D eigenvalue weighted by molar-refractivity contribution is 5.36. The maximum absolute atomic E-state index is 13.3. The van der Waals surface area contributed by atoms with E-state index in [0.29, 0.717) is 11.7 Å².